The van der Waals surface area contributed by atoms with E-state index in [0.717, 1.165) is 22.4 Å². The molecule has 1 N–H and O–H groups in total. The summed E-state index contributed by atoms with van der Waals surface area (Å²) in [4.78, 5) is 25.1. The highest BCUT2D eigenvalue weighted by atomic mass is 32.1. The first-order chi connectivity index (χ1) is 10.6. The highest BCUT2D eigenvalue weighted by molar-refractivity contribution is 7.08. The molecular formula is C16H16N2O3S. The minimum atomic E-state index is -0.311. The maximum Gasteiger partial charge on any atom is 0.414 e. The van der Waals surface area contributed by atoms with Crippen LogP contribution in [0.2, 0.25) is 0 Å². The molecule has 1 aliphatic rings. The van der Waals surface area contributed by atoms with Gasteiger partial charge in [0.2, 0.25) is 0 Å². The first-order valence-electron chi connectivity index (χ1n) is 6.99. The molecule has 2 amide bonds. The number of nitrogens with one attached hydrogen (secondary N) is 1. The maximum atomic E-state index is 12.0. The number of carbonyl (C=O) groups is 2. The smallest absolute Gasteiger partial charge is 0.414 e. The Hall–Kier alpha value is -2.34. The molecule has 0 aliphatic carbocycles. The summed E-state index contributed by atoms with van der Waals surface area (Å²) in [6, 6.07) is 7.54. The van der Waals surface area contributed by atoms with E-state index in [9.17, 15) is 9.59 Å². The molecule has 6 heteroatoms. The van der Waals surface area contributed by atoms with Crippen LogP contribution >= 0.6 is 11.3 Å². The summed E-state index contributed by atoms with van der Waals surface area (Å²) in [5.41, 5.74) is 3.51. The standard InChI is InChI=1S/C16H16N2O3S/c1-11-9-22-10-14(11)15(19)17-8-12-2-4-13(5-3-12)18-6-7-21-16(18)20/h2-5,9-10H,6-8H2,1H3,(H,17,19). The van der Waals surface area contributed by atoms with Crippen molar-refractivity contribution >= 4 is 29.0 Å². The van der Waals surface area contributed by atoms with Crippen LogP contribution in [0.4, 0.5) is 10.5 Å². The Morgan fingerprint density at radius 1 is 1.32 bits per heavy atom. The van der Waals surface area contributed by atoms with Crippen LogP contribution in [-0.4, -0.2) is 25.2 Å². The van der Waals surface area contributed by atoms with Gasteiger partial charge in [0, 0.05) is 17.6 Å². The average molecular weight is 316 g/mol. The number of aryl methyl sites for hydroxylation is 1. The number of anilines is 1. The van der Waals surface area contributed by atoms with Crippen LogP contribution in [0.25, 0.3) is 0 Å². The second-order valence-corrected chi connectivity index (χ2v) is 5.83. The molecule has 0 radical (unpaired) electrons. The van der Waals surface area contributed by atoms with Gasteiger partial charge in [0.1, 0.15) is 6.61 Å². The van der Waals surface area contributed by atoms with Gasteiger partial charge in [-0.3, -0.25) is 9.69 Å². The van der Waals surface area contributed by atoms with E-state index in [4.69, 9.17) is 4.74 Å². The van der Waals surface area contributed by atoms with Crippen molar-refractivity contribution in [1.29, 1.82) is 0 Å². The van der Waals surface area contributed by atoms with Gasteiger partial charge in [-0.1, -0.05) is 12.1 Å². The van der Waals surface area contributed by atoms with E-state index in [0.29, 0.717) is 19.7 Å². The number of hydrogen-bond acceptors (Lipinski definition) is 4. The van der Waals surface area contributed by atoms with Crippen LogP contribution in [0.15, 0.2) is 35.0 Å². The summed E-state index contributed by atoms with van der Waals surface area (Å²) in [6.07, 6.45) is -0.311. The third-order valence-electron chi connectivity index (χ3n) is 3.56. The SMILES string of the molecule is Cc1cscc1C(=O)NCc1ccc(N2CCOC2=O)cc1. The normalized spacial score (nSPS) is 14.0. The number of amides is 2. The van der Waals surface area contributed by atoms with E-state index in [1.165, 1.54) is 11.3 Å². The van der Waals surface area contributed by atoms with Crippen molar-refractivity contribution in [2.45, 2.75) is 13.5 Å². The number of nitrogens with zero attached hydrogens (tertiary/aromatic N) is 1. The number of rotatable bonds is 4. The predicted molar refractivity (Wildman–Crippen MR) is 85.4 cm³/mol. The first kappa shape index (κ1) is 14.6. The van der Waals surface area contributed by atoms with Crippen LogP contribution in [-0.2, 0) is 11.3 Å². The lowest BCUT2D eigenvalue weighted by molar-refractivity contribution is 0.0950. The molecule has 0 unspecified atom stereocenters. The summed E-state index contributed by atoms with van der Waals surface area (Å²) in [5, 5.41) is 6.71. The van der Waals surface area contributed by atoms with Crippen molar-refractivity contribution < 1.29 is 14.3 Å². The van der Waals surface area contributed by atoms with Gasteiger partial charge in [-0.2, -0.15) is 11.3 Å². The van der Waals surface area contributed by atoms with E-state index < -0.39 is 0 Å². The molecule has 0 bridgehead atoms. The second-order valence-electron chi connectivity index (χ2n) is 5.08. The lowest BCUT2D eigenvalue weighted by Crippen LogP contribution is -2.24. The Morgan fingerprint density at radius 3 is 2.68 bits per heavy atom. The number of cyclic esters (lactones) is 1. The van der Waals surface area contributed by atoms with Crippen molar-refractivity contribution in [2.24, 2.45) is 0 Å². The molecule has 1 aromatic heterocycles. The molecule has 2 heterocycles. The summed E-state index contributed by atoms with van der Waals surface area (Å²) in [6.45, 7) is 3.39. The van der Waals surface area contributed by atoms with Crippen LogP contribution < -0.4 is 10.2 Å². The molecule has 114 valence electrons. The van der Waals surface area contributed by atoms with Gasteiger partial charge in [0.25, 0.3) is 5.91 Å². The van der Waals surface area contributed by atoms with E-state index in [1.54, 1.807) is 4.90 Å². The highest BCUT2D eigenvalue weighted by Crippen LogP contribution is 2.19. The first-order valence-corrected chi connectivity index (χ1v) is 7.93. The molecule has 22 heavy (non-hydrogen) atoms. The quantitative estimate of drug-likeness (QED) is 0.943. The molecule has 2 aromatic rings. The number of benzene rings is 1. The van der Waals surface area contributed by atoms with Crippen LogP contribution in [0.1, 0.15) is 21.5 Å². The van der Waals surface area contributed by atoms with E-state index in [-0.39, 0.29) is 12.0 Å². The lowest BCUT2D eigenvalue weighted by atomic mass is 10.1. The molecule has 1 aromatic carbocycles. The monoisotopic (exact) mass is 316 g/mol. The van der Waals surface area contributed by atoms with Gasteiger partial charge in [-0.15, -0.1) is 0 Å². The molecule has 5 nitrogen and oxygen atoms in total. The fourth-order valence-corrected chi connectivity index (χ4v) is 3.12. The second kappa shape index (κ2) is 6.19. The van der Waals surface area contributed by atoms with Crippen molar-refractivity contribution in [3.8, 4) is 0 Å². The molecule has 1 aliphatic heterocycles. The Morgan fingerprint density at radius 2 is 2.09 bits per heavy atom. The van der Waals surface area contributed by atoms with Crippen molar-refractivity contribution in [1.82, 2.24) is 5.32 Å². The topological polar surface area (TPSA) is 58.6 Å². The molecule has 3 rings (SSSR count). The minimum absolute atomic E-state index is 0.0639. The third kappa shape index (κ3) is 2.96. The van der Waals surface area contributed by atoms with Crippen molar-refractivity contribution in [2.75, 3.05) is 18.1 Å². The molecule has 1 fully saturated rings. The van der Waals surface area contributed by atoms with Gasteiger partial charge in [0.15, 0.2) is 0 Å². The van der Waals surface area contributed by atoms with Gasteiger partial charge in [-0.05, 0) is 35.6 Å². The molecule has 0 atom stereocenters. The van der Waals surface area contributed by atoms with E-state index in [2.05, 4.69) is 5.32 Å². The third-order valence-corrected chi connectivity index (χ3v) is 4.42. The van der Waals surface area contributed by atoms with Crippen molar-refractivity contribution in [3.63, 3.8) is 0 Å². The van der Waals surface area contributed by atoms with Gasteiger partial charge in [-0.25, -0.2) is 4.79 Å². The van der Waals surface area contributed by atoms with E-state index in [1.807, 2.05) is 41.9 Å². The molecule has 0 spiro atoms. The zero-order chi connectivity index (χ0) is 15.5. The molecule has 1 saturated heterocycles. The Labute approximate surface area is 132 Å². The fraction of sp³-hybridized carbons (Fsp3) is 0.250. The number of hydrogen-bond donors (Lipinski definition) is 1. The largest absolute Gasteiger partial charge is 0.447 e. The Balaban J connectivity index is 1.61. The van der Waals surface area contributed by atoms with Crippen molar-refractivity contribution in [3.05, 3.63) is 51.7 Å². The summed E-state index contributed by atoms with van der Waals surface area (Å²) in [5.74, 6) is -0.0639. The highest BCUT2D eigenvalue weighted by Gasteiger charge is 2.23. The molecule has 0 saturated carbocycles. The summed E-state index contributed by atoms with van der Waals surface area (Å²) >= 11 is 1.52. The van der Waals surface area contributed by atoms with Crippen LogP contribution in [0.5, 0.6) is 0 Å². The Kier molecular flexibility index (Phi) is 4.11. The predicted octanol–water partition coefficient (Wildman–Crippen LogP) is 2.94. The number of ether oxygens (including phenoxy) is 1. The zero-order valence-electron chi connectivity index (χ0n) is 12.2. The van der Waals surface area contributed by atoms with Gasteiger partial charge in [0.05, 0.1) is 12.1 Å². The summed E-state index contributed by atoms with van der Waals surface area (Å²) in [7, 11) is 0. The van der Waals surface area contributed by atoms with Crippen LogP contribution in [0, 0.1) is 6.92 Å². The summed E-state index contributed by atoms with van der Waals surface area (Å²) < 4.78 is 4.91. The van der Waals surface area contributed by atoms with Crippen LogP contribution in [0.3, 0.4) is 0 Å². The average Bonchev–Trinajstić information content (AvgIpc) is 3.14. The lowest BCUT2D eigenvalue weighted by Gasteiger charge is -2.13. The zero-order valence-corrected chi connectivity index (χ0v) is 13.0. The van der Waals surface area contributed by atoms with E-state index >= 15 is 0 Å². The fourth-order valence-electron chi connectivity index (χ4n) is 2.29. The Bertz CT molecular complexity index is 694. The number of thiophene rings is 1. The number of carbonyl (C=O) groups excluding carboxylic acids is 2. The maximum absolute atomic E-state index is 12.0. The molecular weight excluding hydrogens is 300 g/mol. The van der Waals surface area contributed by atoms with Gasteiger partial charge < -0.3 is 10.1 Å². The van der Waals surface area contributed by atoms with Gasteiger partial charge >= 0.3 is 6.09 Å². The minimum Gasteiger partial charge on any atom is -0.447 e.